The summed E-state index contributed by atoms with van der Waals surface area (Å²) < 4.78 is 38.2. The second kappa shape index (κ2) is 11.4. The molecule has 33 heavy (non-hydrogen) atoms. The molecule has 1 aliphatic rings. The van der Waals surface area contributed by atoms with Crippen molar-refractivity contribution in [3.8, 4) is 0 Å². The zero-order chi connectivity index (χ0) is 24.0. The summed E-state index contributed by atoms with van der Waals surface area (Å²) in [5.41, 5.74) is 1.03. The van der Waals surface area contributed by atoms with Crippen LogP contribution in [0.5, 0.6) is 0 Å². The maximum atomic E-state index is 12.7. The third-order valence-electron chi connectivity index (χ3n) is 5.87. The van der Waals surface area contributed by atoms with Gasteiger partial charge >= 0.3 is 6.18 Å². The third-order valence-corrected chi connectivity index (χ3v) is 6.54. The summed E-state index contributed by atoms with van der Waals surface area (Å²) in [4.78, 5) is 14.7. The molecule has 0 aliphatic carbocycles. The molecule has 2 aromatic rings. The largest absolute Gasteiger partial charge is 0.416 e. The van der Waals surface area contributed by atoms with E-state index in [2.05, 4.69) is 22.5 Å². The minimum absolute atomic E-state index is 0.00448. The van der Waals surface area contributed by atoms with E-state index in [1.807, 2.05) is 6.07 Å². The number of amides is 1. The molecule has 2 N–H and O–H groups in total. The van der Waals surface area contributed by atoms with E-state index in [-0.39, 0.29) is 23.8 Å². The molecular weight excluding hydrogens is 474 g/mol. The molecule has 0 atom stereocenters. The Hall–Kier alpha value is -1.96. The molecule has 1 saturated heterocycles. The van der Waals surface area contributed by atoms with Crippen molar-refractivity contribution >= 4 is 40.5 Å². The fourth-order valence-electron chi connectivity index (χ4n) is 3.77. The van der Waals surface area contributed by atoms with Crippen LogP contribution < -0.4 is 10.6 Å². The smallest absolute Gasteiger partial charge is 0.383 e. The van der Waals surface area contributed by atoms with Crippen molar-refractivity contribution in [3.63, 3.8) is 0 Å². The maximum Gasteiger partial charge on any atom is 0.416 e. The Labute approximate surface area is 202 Å². The maximum absolute atomic E-state index is 12.7. The van der Waals surface area contributed by atoms with Gasteiger partial charge < -0.3 is 15.5 Å². The van der Waals surface area contributed by atoms with Gasteiger partial charge in [-0.3, -0.25) is 4.79 Å². The molecule has 1 aliphatic heterocycles. The van der Waals surface area contributed by atoms with Crippen LogP contribution in [0.15, 0.2) is 36.4 Å². The van der Waals surface area contributed by atoms with E-state index in [0.29, 0.717) is 16.3 Å². The minimum Gasteiger partial charge on any atom is -0.383 e. The van der Waals surface area contributed by atoms with Gasteiger partial charge in [0.1, 0.15) is 0 Å². The molecule has 3 rings (SSSR count). The first-order chi connectivity index (χ1) is 15.6. The third kappa shape index (κ3) is 7.80. The highest BCUT2D eigenvalue weighted by molar-refractivity contribution is 6.33. The van der Waals surface area contributed by atoms with Crippen LogP contribution in [0.1, 0.15) is 37.3 Å². The summed E-state index contributed by atoms with van der Waals surface area (Å²) in [7, 11) is 0. The van der Waals surface area contributed by atoms with Crippen LogP contribution in [-0.2, 0) is 17.4 Å². The number of nitrogens with zero attached hydrogens (tertiary/aromatic N) is 1. The van der Waals surface area contributed by atoms with Crippen molar-refractivity contribution in [2.75, 3.05) is 36.8 Å². The van der Waals surface area contributed by atoms with Crippen molar-refractivity contribution in [2.24, 2.45) is 5.92 Å². The predicted molar refractivity (Wildman–Crippen MR) is 128 cm³/mol. The molecular formula is C24H28Cl2F3N3O. The predicted octanol–water partition coefficient (Wildman–Crippen LogP) is 6.73. The molecule has 0 spiro atoms. The van der Waals surface area contributed by atoms with Crippen molar-refractivity contribution < 1.29 is 18.0 Å². The van der Waals surface area contributed by atoms with Crippen molar-refractivity contribution in [3.05, 3.63) is 57.6 Å². The number of aryl methyl sites for hydroxylation is 1. The topological polar surface area (TPSA) is 44.4 Å². The molecule has 1 fully saturated rings. The SMILES string of the molecule is CC1CCN(CCNc2ccc(NC(=O)CCc3ccc(C(F)(F)F)cc3Cl)cc2Cl)CC1. The van der Waals surface area contributed by atoms with Crippen LogP contribution in [0.25, 0.3) is 0 Å². The normalized spacial score (nSPS) is 15.5. The van der Waals surface area contributed by atoms with Crippen LogP contribution in [0, 0.1) is 5.92 Å². The first kappa shape index (κ1) is 25.7. The Kier molecular flexibility index (Phi) is 8.90. The van der Waals surface area contributed by atoms with Crippen LogP contribution in [0.4, 0.5) is 24.5 Å². The van der Waals surface area contributed by atoms with Crippen LogP contribution in [0.2, 0.25) is 10.0 Å². The van der Waals surface area contributed by atoms with Gasteiger partial charge in [0, 0.05) is 30.2 Å². The van der Waals surface area contributed by atoms with E-state index < -0.39 is 11.7 Å². The lowest BCUT2D eigenvalue weighted by Crippen LogP contribution is -2.36. The number of hydrogen-bond donors (Lipinski definition) is 2. The van der Waals surface area contributed by atoms with Gasteiger partial charge in [0.25, 0.3) is 0 Å². The molecule has 0 radical (unpaired) electrons. The van der Waals surface area contributed by atoms with Gasteiger partial charge in [0.05, 0.1) is 16.3 Å². The number of benzene rings is 2. The summed E-state index contributed by atoms with van der Waals surface area (Å²) in [5, 5.41) is 6.60. The monoisotopic (exact) mass is 501 g/mol. The summed E-state index contributed by atoms with van der Waals surface area (Å²) in [6, 6.07) is 8.42. The highest BCUT2D eigenvalue weighted by atomic mass is 35.5. The Morgan fingerprint density at radius 1 is 1.09 bits per heavy atom. The Balaban J connectivity index is 1.46. The lowest BCUT2D eigenvalue weighted by molar-refractivity contribution is -0.137. The second-order valence-electron chi connectivity index (χ2n) is 8.50. The Morgan fingerprint density at radius 2 is 1.82 bits per heavy atom. The van der Waals surface area contributed by atoms with Gasteiger partial charge in [-0.05, 0) is 74.2 Å². The summed E-state index contributed by atoms with van der Waals surface area (Å²) in [5.74, 6) is 0.528. The minimum atomic E-state index is -4.45. The highest BCUT2D eigenvalue weighted by Crippen LogP contribution is 2.32. The number of halogens is 5. The van der Waals surface area contributed by atoms with Gasteiger partial charge in [-0.2, -0.15) is 13.2 Å². The number of carbonyl (C=O) groups excluding carboxylic acids is 1. The quantitative estimate of drug-likeness (QED) is 0.421. The van der Waals surface area contributed by atoms with Crippen molar-refractivity contribution in [1.82, 2.24) is 4.90 Å². The molecule has 2 aromatic carbocycles. The number of piperidine rings is 1. The number of rotatable bonds is 8. The highest BCUT2D eigenvalue weighted by Gasteiger charge is 2.30. The van der Waals surface area contributed by atoms with Gasteiger partial charge in [-0.15, -0.1) is 0 Å². The number of hydrogen-bond acceptors (Lipinski definition) is 3. The van der Waals surface area contributed by atoms with Gasteiger partial charge in [-0.1, -0.05) is 36.2 Å². The van der Waals surface area contributed by atoms with E-state index in [9.17, 15) is 18.0 Å². The molecule has 0 unspecified atom stereocenters. The average Bonchev–Trinajstić information content (AvgIpc) is 2.75. The Morgan fingerprint density at radius 3 is 2.45 bits per heavy atom. The molecule has 180 valence electrons. The van der Waals surface area contributed by atoms with Gasteiger partial charge in [0.2, 0.25) is 5.91 Å². The first-order valence-electron chi connectivity index (χ1n) is 11.0. The van der Waals surface area contributed by atoms with Gasteiger partial charge in [-0.25, -0.2) is 0 Å². The van der Waals surface area contributed by atoms with Crippen molar-refractivity contribution in [2.45, 2.75) is 38.8 Å². The molecule has 0 bridgehead atoms. The lowest BCUT2D eigenvalue weighted by Gasteiger charge is -2.30. The van der Waals surface area contributed by atoms with E-state index >= 15 is 0 Å². The molecule has 1 heterocycles. The number of likely N-dealkylation sites (tertiary alicyclic amines) is 1. The average molecular weight is 502 g/mol. The van der Waals surface area contributed by atoms with Crippen molar-refractivity contribution in [1.29, 1.82) is 0 Å². The zero-order valence-electron chi connectivity index (χ0n) is 18.4. The first-order valence-corrected chi connectivity index (χ1v) is 11.8. The van der Waals surface area contributed by atoms with E-state index in [1.54, 1.807) is 12.1 Å². The van der Waals surface area contributed by atoms with Gasteiger partial charge in [0.15, 0.2) is 0 Å². The number of carbonyl (C=O) groups is 1. The molecule has 9 heteroatoms. The Bertz CT molecular complexity index is 960. The second-order valence-corrected chi connectivity index (χ2v) is 9.31. The fourth-order valence-corrected chi connectivity index (χ4v) is 4.29. The van der Waals surface area contributed by atoms with Crippen LogP contribution in [-0.4, -0.2) is 37.0 Å². The molecule has 0 aromatic heterocycles. The lowest BCUT2D eigenvalue weighted by atomic mass is 9.99. The zero-order valence-corrected chi connectivity index (χ0v) is 20.0. The number of anilines is 2. The van der Waals surface area contributed by atoms with Crippen LogP contribution in [0.3, 0.4) is 0 Å². The number of alkyl halides is 3. The van der Waals surface area contributed by atoms with Crippen LogP contribution >= 0.6 is 23.2 Å². The summed E-state index contributed by atoms with van der Waals surface area (Å²) in [6.45, 7) is 6.28. The molecule has 0 saturated carbocycles. The molecule has 1 amide bonds. The number of nitrogens with one attached hydrogen (secondary N) is 2. The summed E-state index contributed by atoms with van der Waals surface area (Å²) in [6.07, 6.45) is -1.67. The standard InChI is InChI=1S/C24H28Cl2F3N3O/c1-16-8-11-32(12-9-16)13-10-30-22-6-5-19(15-21(22)26)31-23(33)7-3-17-2-4-18(14-20(17)25)24(27,28)29/h2,4-6,14-16,30H,3,7-13H2,1H3,(H,31,33). The molecule has 4 nitrogen and oxygen atoms in total. The fraction of sp³-hybridized carbons (Fsp3) is 0.458. The van der Waals surface area contributed by atoms with E-state index in [0.717, 1.165) is 49.9 Å². The van der Waals surface area contributed by atoms with E-state index in [4.69, 9.17) is 23.2 Å². The van der Waals surface area contributed by atoms with E-state index in [1.165, 1.54) is 18.9 Å². The summed E-state index contributed by atoms with van der Waals surface area (Å²) >= 11 is 12.3.